The van der Waals surface area contributed by atoms with Crippen molar-refractivity contribution in [1.29, 1.82) is 0 Å². The van der Waals surface area contributed by atoms with Crippen LogP contribution in [0.5, 0.6) is 0 Å². The van der Waals surface area contributed by atoms with Gasteiger partial charge in [0.2, 0.25) is 23.6 Å². The van der Waals surface area contributed by atoms with Gasteiger partial charge in [0.25, 0.3) is 11.8 Å². The molecule has 89 heavy (non-hydrogen) atoms. The Morgan fingerprint density at radius 1 is 0.584 bits per heavy atom. The number of rotatable bonds is 15. The molecule has 12 N–H and O–H groups in total. The molecule has 6 amide bonds. The summed E-state index contributed by atoms with van der Waals surface area (Å²) in [5.74, 6) is -6.23. The van der Waals surface area contributed by atoms with Crippen molar-refractivity contribution >= 4 is 114 Å². The first-order chi connectivity index (χ1) is 42.6. The van der Waals surface area contributed by atoms with E-state index in [-0.39, 0.29) is 114 Å². The van der Waals surface area contributed by atoms with Gasteiger partial charge in [-0.1, -0.05) is 67.6 Å². The van der Waals surface area contributed by atoms with Crippen LogP contribution in [-0.2, 0) is 32.3 Å². The molecule has 28 heteroatoms. The maximum atomic E-state index is 15.9. The number of halogens is 4. The fourth-order valence-corrected chi connectivity index (χ4v) is 11.3. The second-order valence-corrected chi connectivity index (χ2v) is 21.3. The summed E-state index contributed by atoms with van der Waals surface area (Å²) < 4.78 is 63.5. The second kappa shape index (κ2) is 23.9. The Morgan fingerprint density at radius 2 is 1.00 bits per heavy atom. The van der Waals surface area contributed by atoms with Crippen LogP contribution in [-0.4, -0.2) is 134 Å². The lowest BCUT2D eigenvalue weighted by Crippen LogP contribution is -2.44. The number of carbonyl (C=O) groups is 8. The zero-order valence-corrected chi connectivity index (χ0v) is 47.3. The fraction of sp³-hybridized carbons (Fsp3) is 0.213. The highest BCUT2D eigenvalue weighted by molar-refractivity contribution is 6.10. The van der Waals surface area contributed by atoms with Gasteiger partial charge in [0, 0.05) is 52.3 Å². The van der Waals surface area contributed by atoms with Crippen molar-refractivity contribution in [3.8, 4) is 22.3 Å². The number of Topliss-reactive ketones (excluding diaryl/α,β-unsaturated/α-hetero) is 2. The van der Waals surface area contributed by atoms with Crippen LogP contribution >= 0.6 is 0 Å². The summed E-state index contributed by atoms with van der Waals surface area (Å²) in [4.78, 5) is 118. The van der Waals surface area contributed by atoms with Crippen molar-refractivity contribution < 1.29 is 55.9 Å². The summed E-state index contributed by atoms with van der Waals surface area (Å²) in [6, 6.07) is 25.8. The Labute approximate surface area is 500 Å². The molecule has 0 radical (unpaired) electrons. The van der Waals surface area contributed by atoms with Crippen molar-refractivity contribution in [1.82, 2.24) is 49.3 Å². The number of para-hydroxylation sites is 2. The molecule has 4 aromatic heterocycles. The van der Waals surface area contributed by atoms with Crippen LogP contribution in [0.1, 0.15) is 74.8 Å². The van der Waals surface area contributed by atoms with E-state index in [9.17, 15) is 47.1 Å². The highest BCUT2D eigenvalue weighted by Gasteiger charge is 2.42. The van der Waals surface area contributed by atoms with Gasteiger partial charge in [-0.05, 0) is 66.6 Å². The van der Waals surface area contributed by atoms with Crippen LogP contribution < -0.4 is 33.6 Å². The molecule has 6 aromatic carbocycles. The van der Waals surface area contributed by atoms with Crippen LogP contribution in [0.4, 0.5) is 40.8 Å². The number of imidazole rings is 2. The minimum atomic E-state index is -1.49. The maximum Gasteiger partial charge on any atom is 0.269 e. The van der Waals surface area contributed by atoms with Crippen LogP contribution in [0.3, 0.4) is 0 Å². The molecule has 2 aliphatic rings. The largest absolute Gasteiger partial charge is 0.369 e. The number of aromatic nitrogens is 8. The molecule has 4 atom stereocenters. The summed E-state index contributed by atoms with van der Waals surface area (Å²) in [5.41, 5.74) is 25.9. The first kappa shape index (κ1) is 59.4. The predicted octanol–water partition coefficient (Wildman–Crippen LogP) is 6.75. The summed E-state index contributed by atoms with van der Waals surface area (Å²) in [7, 11) is 0. The van der Waals surface area contributed by atoms with Crippen LogP contribution in [0.25, 0.3) is 66.1 Å². The number of nitrogens with one attached hydrogen (secondary N) is 4. The van der Waals surface area contributed by atoms with E-state index in [0.29, 0.717) is 55.0 Å². The molecule has 0 saturated carbocycles. The second-order valence-electron chi connectivity index (χ2n) is 21.3. The average molecular weight is 1220 g/mol. The number of ketones is 2. The zero-order chi connectivity index (χ0) is 63.3. The van der Waals surface area contributed by atoms with E-state index < -0.39 is 71.5 Å². The van der Waals surface area contributed by atoms with Crippen molar-refractivity contribution in [2.45, 2.75) is 70.6 Å². The molecule has 24 nitrogen and oxygen atoms in total. The number of likely N-dealkylation sites (tertiary alicyclic amines) is 2. The number of aromatic amines is 2. The lowest BCUT2D eigenvalue weighted by Gasteiger charge is -2.24. The smallest absolute Gasteiger partial charge is 0.269 e. The van der Waals surface area contributed by atoms with Crippen molar-refractivity contribution in [3.05, 3.63) is 143 Å². The zero-order valence-electron chi connectivity index (χ0n) is 47.3. The van der Waals surface area contributed by atoms with Gasteiger partial charge in [0.15, 0.2) is 46.5 Å². The van der Waals surface area contributed by atoms with Gasteiger partial charge < -0.3 is 53.3 Å². The van der Waals surface area contributed by atoms with Gasteiger partial charge in [-0.15, -0.1) is 0 Å². The highest BCUT2D eigenvalue weighted by Crippen LogP contribution is 2.36. The molecule has 2 saturated heterocycles. The molecule has 12 rings (SSSR count). The molecule has 0 spiro atoms. The number of nitrogens with zero attached hydrogens (tertiary/aromatic N) is 8. The molecule has 454 valence electrons. The van der Waals surface area contributed by atoms with Crippen molar-refractivity contribution in [3.63, 3.8) is 0 Å². The van der Waals surface area contributed by atoms with Crippen molar-refractivity contribution in [2.75, 3.05) is 35.2 Å². The number of H-pyrrole nitrogens is 2. The third kappa shape index (κ3) is 11.5. The Kier molecular flexibility index (Phi) is 15.9. The number of nitrogen functional groups attached to an aromatic ring is 2. The third-order valence-corrected chi connectivity index (χ3v) is 15.4. The quantitative estimate of drug-likeness (QED) is 0.0389. The molecule has 0 bridgehead atoms. The third-order valence-electron chi connectivity index (χ3n) is 15.4. The predicted molar refractivity (Wildman–Crippen MR) is 320 cm³/mol. The van der Waals surface area contributed by atoms with Crippen LogP contribution in [0.15, 0.2) is 109 Å². The number of primary amides is 2. The molecule has 2 fully saturated rings. The molecule has 0 aliphatic carbocycles. The van der Waals surface area contributed by atoms with Gasteiger partial charge in [-0.2, -0.15) is 10.2 Å². The van der Waals surface area contributed by atoms with E-state index in [2.05, 4.69) is 40.8 Å². The summed E-state index contributed by atoms with van der Waals surface area (Å²) in [5, 5.41) is 14.2. The Morgan fingerprint density at radius 3 is 1.42 bits per heavy atom. The van der Waals surface area contributed by atoms with E-state index in [1.54, 1.807) is 67.6 Å². The Bertz CT molecular complexity index is 4590. The van der Waals surface area contributed by atoms with E-state index >= 15 is 8.78 Å². The highest BCUT2D eigenvalue weighted by atomic mass is 19.1. The van der Waals surface area contributed by atoms with Gasteiger partial charge in [0.05, 0.1) is 46.5 Å². The topological polar surface area (TPSA) is 364 Å². The average Bonchev–Trinajstić information content (AvgIpc) is 1.92. The minimum Gasteiger partial charge on any atom is -0.369 e. The number of amides is 6. The number of carbonyl (C=O) groups excluding carboxylic acids is 8. The standard InChI is InChI=1S/C31H28F2N8O4.C30H26F2N8O4/c1-2-24(42)19-10-15(11-21-27(19)38-31(35)37-21)17-7-5-8-20(26(17)33)36-30(45)23-12-16(32)13-40(23)25(43)14-41-22-9-4-3-6-18(22)28(39-41)29(34)44;1-14(41)19-9-15(10-21-26(19)37-30(34)36-21)17-6-4-7-20(25(17)32)35-29(44)23-11-16(31)12-39(23)24(42)13-40-22-8-3-2-5-18(22)27(38-40)28(33)43/h3-11,16,23H,2,12-14H2,1H3,(H2,34,44)(H,36,45)(H3,35,37,38);2-10,16,23H,11-13H2,1H3,(H2,33,43)(H,35,44)(H3,34,36,37)/t2*16-,23+/m11/s1. The normalized spacial score (nSPS) is 16.4. The first-order valence-electron chi connectivity index (χ1n) is 27.8. The Hall–Kier alpha value is -11.3. The van der Waals surface area contributed by atoms with Gasteiger partial charge in [-0.25, -0.2) is 27.5 Å². The maximum absolute atomic E-state index is 15.9. The molecule has 0 unspecified atom stereocenters. The summed E-state index contributed by atoms with van der Waals surface area (Å²) in [6.45, 7) is 1.60. The van der Waals surface area contributed by atoms with E-state index in [4.69, 9.17) is 22.9 Å². The minimum absolute atomic E-state index is 0.0193. The van der Waals surface area contributed by atoms with E-state index in [1.165, 1.54) is 64.8 Å². The molecular formula is C61H54F4N16O8. The molecule has 2 aliphatic heterocycles. The summed E-state index contributed by atoms with van der Waals surface area (Å²) in [6.07, 6.45) is -3.35. The van der Waals surface area contributed by atoms with E-state index in [1.807, 2.05) is 0 Å². The monoisotopic (exact) mass is 1210 g/mol. The Balaban J connectivity index is 0.000000184. The SMILES string of the molecule is CC(=O)c1cc(-c2cccc(NC(=O)[C@@H]3C[C@@H](F)CN3C(=O)Cn3nc(C(N)=O)c4ccccc43)c2F)cc2[nH]c(N)nc12.CCC(=O)c1cc(-c2cccc(NC(=O)[C@@H]3C[C@@H](F)CN3C(=O)Cn3nc(C(N)=O)c4ccccc43)c2F)cc2[nH]c(N)nc12. The number of benzene rings is 6. The van der Waals surface area contributed by atoms with E-state index in [0.717, 1.165) is 9.80 Å². The van der Waals surface area contributed by atoms with Gasteiger partial charge in [-0.3, -0.25) is 47.7 Å². The number of anilines is 4. The van der Waals surface area contributed by atoms with Crippen LogP contribution in [0, 0.1) is 11.6 Å². The molecule has 10 aromatic rings. The fourth-order valence-electron chi connectivity index (χ4n) is 11.3. The lowest BCUT2D eigenvalue weighted by atomic mass is 9.98. The first-order valence-corrected chi connectivity index (χ1v) is 27.8. The number of nitrogens with two attached hydrogens (primary N) is 4. The van der Waals surface area contributed by atoms with Crippen molar-refractivity contribution in [2.24, 2.45) is 11.5 Å². The lowest BCUT2D eigenvalue weighted by molar-refractivity contribution is -0.137. The summed E-state index contributed by atoms with van der Waals surface area (Å²) >= 11 is 0. The number of hydrogen-bond donors (Lipinski definition) is 8. The number of alkyl halides is 2. The molecule has 6 heterocycles. The number of hydrogen-bond acceptors (Lipinski definition) is 14. The van der Waals surface area contributed by atoms with Crippen LogP contribution in [0.2, 0.25) is 0 Å². The number of fused-ring (bicyclic) bond motifs is 4. The van der Waals surface area contributed by atoms with Gasteiger partial charge >= 0.3 is 0 Å². The molecular weight excluding hydrogens is 1160 g/mol. The van der Waals surface area contributed by atoms with Gasteiger partial charge in [0.1, 0.15) is 48.5 Å².